The Kier molecular flexibility index (Phi) is 7.08. The zero-order valence-electron chi connectivity index (χ0n) is 19.0. The third-order valence-corrected chi connectivity index (χ3v) is 5.70. The first-order valence-electron chi connectivity index (χ1n) is 10.9. The van der Waals surface area contributed by atoms with Crippen LogP contribution in [0, 0.1) is 5.82 Å². The van der Waals surface area contributed by atoms with Crippen molar-refractivity contribution < 1.29 is 28.6 Å². The number of methoxy groups -OCH3 is 1. The first-order chi connectivity index (χ1) is 16.4. The van der Waals surface area contributed by atoms with E-state index in [-0.39, 0.29) is 42.8 Å². The van der Waals surface area contributed by atoms with Crippen molar-refractivity contribution in [2.24, 2.45) is 0 Å². The van der Waals surface area contributed by atoms with Gasteiger partial charge >= 0.3 is 12.1 Å². The van der Waals surface area contributed by atoms with E-state index in [1.165, 1.54) is 24.1 Å². The molecule has 0 aliphatic carbocycles. The quantitative estimate of drug-likeness (QED) is 0.597. The van der Waals surface area contributed by atoms with E-state index in [4.69, 9.17) is 19.6 Å². The SMILES string of the molecule is COC(=O)N1Cc2nc(-c3ccc(NC(=O)NCCO)cc3F)nc(N3CCOC[C@@H]3C)c2C1. The number of rotatable bonds is 5. The lowest BCUT2D eigenvalue weighted by atomic mass is 10.1. The van der Waals surface area contributed by atoms with Gasteiger partial charge in [-0.25, -0.2) is 23.9 Å². The number of carbonyl (C=O) groups is 2. The molecule has 1 aromatic carbocycles. The van der Waals surface area contributed by atoms with Crippen molar-refractivity contribution in [1.29, 1.82) is 0 Å². The first-order valence-corrected chi connectivity index (χ1v) is 10.9. The molecule has 0 radical (unpaired) electrons. The number of aliphatic hydroxyl groups is 1. The maximum absolute atomic E-state index is 15.1. The Bertz CT molecular complexity index is 1080. The number of nitrogens with one attached hydrogen (secondary N) is 2. The highest BCUT2D eigenvalue weighted by molar-refractivity contribution is 5.89. The number of urea groups is 1. The minimum Gasteiger partial charge on any atom is -0.453 e. The summed E-state index contributed by atoms with van der Waals surface area (Å²) in [6.45, 7) is 4.11. The predicted octanol–water partition coefficient (Wildman–Crippen LogP) is 1.70. The topological polar surface area (TPSA) is 129 Å². The Balaban J connectivity index is 1.68. The maximum atomic E-state index is 15.1. The van der Waals surface area contributed by atoms with Crippen LogP contribution in [-0.4, -0.2) is 78.2 Å². The predicted molar refractivity (Wildman–Crippen MR) is 121 cm³/mol. The highest BCUT2D eigenvalue weighted by Gasteiger charge is 2.33. The number of fused-ring (bicyclic) bond motifs is 1. The van der Waals surface area contributed by atoms with E-state index in [2.05, 4.69) is 20.5 Å². The molecule has 0 spiro atoms. The summed E-state index contributed by atoms with van der Waals surface area (Å²) in [4.78, 5) is 36.8. The minimum absolute atomic E-state index is 0.0432. The highest BCUT2D eigenvalue weighted by atomic mass is 19.1. The fraction of sp³-hybridized carbons (Fsp3) is 0.455. The summed E-state index contributed by atoms with van der Waals surface area (Å²) in [7, 11) is 1.32. The molecule has 2 aromatic rings. The second-order valence-electron chi connectivity index (χ2n) is 8.04. The van der Waals surface area contributed by atoms with Crippen molar-refractivity contribution in [2.45, 2.75) is 26.1 Å². The molecule has 3 amide bonds. The number of halogens is 1. The summed E-state index contributed by atoms with van der Waals surface area (Å²) < 4.78 is 25.5. The monoisotopic (exact) mass is 474 g/mol. The summed E-state index contributed by atoms with van der Waals surface area (Å²) in [5.74, 6) is 0.226. The molecule has 1 atom stereocenters. The fourth-order valence-corrected chi connectivity index (χ4v) is 4.01. The van der Waals surface area contributed by atoms with Gasteiger partial charge in [-0.3, -0.25) is 4.90 Å². The molecular formula is C22H27FN6O5. The van der Waals surface area contributed by atoms with E-state index in [0.29, 0.717) is 37.8 Å². The Morgan fingerprint density at radius 3 is 2.85 bits per heavy atom. The van der Waals surface area contributed by atoms with Gasteiger partial charge in [-0.15, -0.1) is 0 Å². The molecule has 12 heteroatoms. The molecule has 34 heavy (non-hydrogen) atoms. The van der Waals surface area contributed by atoms with E-state index < -0.39 is 17.9 Å². The molecule has 0 bridgehead atoms. The average Bonchev–Trinajstić information content (AvgIpc) is 3.26. The number of morpholine rings is 1. The molecule has 3 N–H and O–H groups in total. The lowest BCUT2D eigenvalue weighted by Crippen LogP contribution is -2.44. The summed E-state index contributed by atoms with van der Waals surface area (Å²) in [5, 5.41) is 13.7. The van der Waals surface area contributed by atoms with Gasteiger partial charge in [0.05, 0.1) is 57.3 Å². The van der Waals surface area contributed by atoms with Crippen LogP contribution in [0.4, 0.5) is 25.5 Å². The second-order valence-corrected chi connectivity index (χ2v) is 8.04. The van der Waals surface area contributed by atoms with Gasteiger partial charge in [0, 0.05) is 24.3 Å². The Hall–Kier alpha value is -3.51. The van der Waals surface area contributed by atoms with Crippen LogP contribution in [0.1, 0.15) is 18.2 Å². The van der Waals surface area contributed by atoms with E-state index in [1.54, 1.807) is 6.07 Å². The number of amides is 3. The molecule has 2 aliphatic heterocycles. The Labute approximate surface area is 195 Å². The molecule has 11 nitrogen and oxygen atoms in total. The molecule has 0 saturated carbocycles. The van der Waals surface area contributed by atoms with Crippen LogP contribution in [0.15, 0.2) is 18.2 Å². The van der Waals surface area contributed by atoms with Gasteiger partial charge in [0.2, 0.25) is 0 Å². The summed E-state index contributed by atoms with van der Waals surface area (Å²) >= 11 is 0. The normalized spacial score (nSPS) is 17.4. The average molecular weight is 474 g/mol. The van der Waals surface area contributed by atoms with Gasteiger partial charge in [-0.1, -0.05) is 0 Å². The van der Waals surface area contributed by atoms with E-state index in [9.17, 15) is 9.59 Å². The number of benzene rings is 1. The van der Waals surface area contributed by atoms with Crippen molar-refractivity contribution in [3.63, 3.8) is 0 Å². The van der Waals surface area contributed by atoms with Gasteiger partial charge in [-0.05, 0) is 25.1 Å². The number of ether oxygens (including phenoxy) is 2. The lowest BCUT2D eigenvalue weighted by Gasteiger charge is -2.35. The van der Waals surface area contributed by atoms with Crippen LogP contribution in [0.3, 0.4) is 0 Å². The zero-order valence-corrected chi connectivity index (χ0v) is 19.0. The van der Waals surface area contributed by atoms with Gasteiger partial charge in [0.25, 0.3) is 0 Å². The highest BCUT2D eigenvalue weighted by Crippen LogP contribution is 2.34. The summed E-state index contributed by atoms with van der Waals surface area (Å²) in [6.07, 6.45) is -0.471. The molecule has 0 unspecified atom stereocenters. The number of hydrogen-bond donors (Lipinski definition) is 3. The molecule has 2 aliphatic rings. The van der Waals surface area contributed by atoms with Crippen LogP contribution in [0.25, 0.3) is 11.4 Å². The molecule has 182 valence electrons. The van der Waals surface area contributed by atoms with Gasteiger partial charge in [-0.2, -0.15) is 0 Å². The number of aliphatic hydroxyl groups excluding tert-OH is 1. The molecule has 1 fully saturated rings. The van der Waals surface area contributed by atoms with Gasteiger partial charge < -0.3 is 30.1 Å². The van der Waals surface area contributed by atoms with E-state index in [0.717, 1.165) is 5.56 Å². The van der Waals surface area contributed by atoms with Crippen LogP contribution in [0.2, 0.25) is 0 Å². The van der Waals surface area contributed by atoms with Crippen molar-refractivity contribution in [2.75, 3.05) is 50.2 Å². The van der Waals surface area contributed by atoms with Gasteiger partial charge in [0.15, 0.2) is 5.82 Å². The van der Waals surface area contributed by atoms with Crippen molar-refractivity contribution in [3.8, 4) is 11.4 Å². The first kappa shape index (κ1) is 23.6. The largest absolute Gasteiger partial charge is 0.453 e. The standard InChI is InChI=1S/C22H27FN6O5/c1-13-12-34-8-6-29(13)20-16-10-28(22(32)33-2)11-18(16)26-19(27-20)15-4-3-14(9-17(15)23)25-21(31)24-5-7-30/h3-4,9,13,30H,5-8,10-12H2,1-2H3,(H2,24,25,31)/t13-/m0/s1. The van der Waals surface area contributed by atoms with Crippen LogP contribution in [-0.2, 0) is 22.6 Å². The lowest BCUT2D eigenvalue weighted by molar-refractivity contribution is 0.0983. The Morgan fingerprint density at radius 1 is 1.32 bits per heavy atom. The number of hydrogen-bond acceptors (Lipinski definition) is 8. The van der Waals surface area contributed by atoms with Crippen LogP contribution in [0.5, 0.6) is 0 Å². The van der Waals surface area contributed by atoms with Crippen molar-refractivity contribution >= 4 is 23.6 Å². The second kappa shape index (κ2) is 10.2. The maximum Gasteiger partial charge on any atom is 0.410 e. The number of anilines is 2. The number of carbonyl (C=O) groups excluding carboxylic acids is 2. The molecule has 4 rings (SSSR count). The number of nitrogens with zero attached hydrogens (tertiary/aromatic N) is 4. The molecular weight excluding hydrogens is 447 g/mol. The molecule has 1 saturated heterocycles. The molecule has 3 heterocycles. The third kappa shape index (κ3) is 4.87. The fourth-order valence-electron chi connectivity index (χ4n) is 4.01. The van der Waals surface area contributed by atoms with E-state index in [1.807, 2.05) is 6.92 Å². The third-order valence-electron chi connectivity index (χ3n) is 5.70. The van der Waals surface area contributed by atoms with E-state index >= 15 is 4.39 Å². The zero-order chi connectivity index (χ0) is 24.2. The Morgan fingerprint density at radius 2 is 2.15 bits per heavy atom. The smallest absolute Gasteiger partial charge is 0.410 e. The summed E-state index contributed by atoms with van der Waals surface area (Å²) in [5.41, 5.74) is 1.86. The van der Waals surface area contributed by atoms with Crippen LogP contribution >= 0.6 is 0 Å². The van der Waals surface area contributed by atoms with Crippen molar-refractivity contribution in [1.82, 2.24) is 20.2 Å². The summed E-state index contributed by atoms with van der Waals surface area (Å²) in [6, 6.07) is 3.72. The van der Waals surface area contributed by atoms with Crippen LogP contribution < -0.4 is 15.5 Å². The van der Waals surface area contributed by atoms with Gasteiger partial charge in [0.1, 0.15) is 11.6 Å². The van der Waals surface area contributed by atoms with Crippen molar-refractivity contribution in [3.05, 3.63) is 35.3 Å². The number of aromatic nitrogens is 2. The minimum atomic E-state index is -0.608. The molecule has 1 aromatic heterocycles.